The van der Waals surface area contributed by atoms with Crippen molar-refractivity contribution in [2.75, 3.05) is 23.7 Å². The number of carbonyl (C=O) groups excluding carboxylic acids is 2. The van der Waals surface area contributed by atoms with Crippen molar-refractivity contribution in [1.29, 1.82) is 0 Å². The summed E-state index contributed by atoms with van der Waals surface area (Å²) in [5.74, 6) is -0.0246. The maximum Gasteiger partial charge on any atom is 0.242 e. The van der Waals surface area contributed by atoms with Gasteiger partial charge in [0.15, 0.2) is 0 Å². The van der Waals surface area contributed by atoms with Crippen LogP contribution in [0.3, 0.4) is 0 Å². The van der Waals surface area contributed by atoms with Crippen LogP contribution in [0.2, 0.25) is 0 Å². The summed E-state index contributed by atoms with van der Waals surface area (Å²) in [5.41, 5.74) is 2.60. The van der Waals surface area contributed by atoms with E-state index in [0.29, 0.717) is 37.5 Å². The third kappa shape index (κ3) is 8.69. The average Bonchev–Trinajstić information content (AvgIpc) is 2.81. The molecule has 0 fully saturated rings. The number of nitrogens with zero attached hydrogens (tertiary/aromatic N) is 2. The van der Waals surface area contributed by atoms with Gasteiger partial charge in [0.05, 0.1) is 11.9 Å². The number of anilines is 1. The minimum Gasteiger partial charge on any atom is -0.354 e. The smallest absolute Gasteiger partial charge is 0.242 e. The van der Waals surface area contributed by atoms with Crippen LogP contribution in [0, 0.1) is 12.8 Å². The Labute approximate surface area is 210 Å². The Morgan fingerprint density at radius 2 is 1.63 bits per heavy atom. The molecule has 0 aliphatic carbocycles. The average molecular weight is 502 g/mol. The van der Waals surface area contributed by atoms with Crippen molar-refractivity contribution >= 4 is 27.5 Å². The van der Waals surface area contributed by atoms with Crippen molar-refractivity contribution in [2.45, 2.75) is 59.5 Å². The molecule has 2 aromatic carbocycles. The number of aryl methyl sites for hydroxylation is 1. The lowest BCUT2D eigenvalue weighted by molar-refractivity contribution is -0.141. The second-order valence-electron chi connectivity index (χ2n) is 9.29. The first-order chi connectivity index (χ1) is 16.5. The third-order valence-corrected chi connectivity index (χ3v) is 7.06. The molecule has 2 rings (SSSR count). The molecule has 2 aromatic rings. The summed E-state index contributed by atoms with van der Waals surface area (Å²) in [7, 11) is -3.50. The monoisotopic (exact) mass is 501 g/mol. The molecule has 1 unspecified atom stereocenters. The van der Waals surface area contributed by atoms with Crippen LogP contribution < -0.4 is 9.62 Å². The standard InChI is InChI=1S/C27H39N3O4S/c1-6-25(27(32)28-19-21(2)3)29(20-23-14-11-10-13-22(23)4)26(31)17-12-18-30(35(5,33)34)24-15-8-7-9-16-24/h7-11,13-16,21,25H,6,12,17-20H2,1-5H3,(H,28,32). The predicted molar refractivity (Wildman–Crippen MR) is 142 cm³/mol. The molecule has 2 amide bonds. The van der Waals surface area contributed by atoms with Gasteiger partial charge in [-0.25, -0.2) is 8.42 Å². The fourth-order valence-corrected chi connectivity index (χ4v) is 4.88. The van der Waals surface area contributed by atoms with Gasteiger partial charge < -0.3 is 10.2 Å². The van der Waals surface area contributed by atoms with E-state index in [9.17, 15) is 18.0 Å². The maximum atomic E-state index is 13.4. The number of para-hydroxylation sites is 1. The first-order valence-electron chi connectivity index (χ1n) is 12.2. The Bertz CT molecular complexity index is 1070. The molecule has 7 nitrogen and oxygen atoms in total. The molecule has 0 spiro atoms. The highest BCUT2D eigenvalue weighted by atomic mass is 32.2. The molecule has 1 N–H and O–H groups in total. The first kappa shape index (κ1) is 28.4. The molecule has 0 aliphatic rings. The van der Waals surface area contributed by atoms with E-state index in [4.69, 9.17) is 0 Å². The van der Waals surface area contributed by atoms with Gasteiger partial charge in [-0.05, 0) is 48.9 Å². The number of amides is 2. The summed E-state index contributed by atoms with van der Waals surface area (Å²) < 4.78 is 26.1. The summed E-state index contributed by atoms with van der Waals surface area (Å²) in [6.07, 6.45) is 2.13. The van der Waals surface area contributed by atoms with Crippen LogP contribution in [-0.2, 0) is 26.2 Å². The summed E-state index contributed by atoms with van der Waals surface area (Å²) in [4.78, 5) is 28.1. The van der Waals surface area contributed by atoms with E-state index < -0.39 is 16.1 Å². The highest BCUT2D eigenvalue weighted by molar-refractivity contribution is 7.92. The molecular weight excluding hydrogens is 462 g/mol. The zero-order chi connectivity index (χ0) is 26.0. The van der Waals surface area contributed by atoms with Crippen molar-refractivity contribution in [3.8, 4) is 0 Å². The van der Waals surface area contributed by atoms with E-state index >= 15 is 0 Å². The van der Waals surface area contributed by atoms with Gasteiger partial charge in [0.2, 0.25) is 21.8 Å². The molecular formula is C27H39N3O4S. The van der Waals surface area contributed by atoms with Crippen LogP contribution in [-0.4, -0.2) is 50.5 Å². The van der Waals surface area contributed by atoms with Crippen molar-refractivity contribution in [1.82, 2.24) is 10.2 Å². The fourth-order valence-electron chi connectivity index (χ4n) is 3.91. The van der Waals surface area contributed by atoms with Crippen LogP contribution >= 0.6 is 0 Å². The first-order valence-corrected chi connectivity index (χ1v) is 14.0. The molecule has 0 aromatic heterocycles. The molecule has 0 heterocycles. The summed E-state index contributed by atoms with van der Waals surface area (Å²) in [6.45, 7) is 8.99. The number of hydrogen-bond donors (Lipinski definition) is 1. The van der Waals surface area contributed by atoms with Crippen LogP contribution in [0.25, 0.3) is 0 Å². The normalized spacial score (nSPS) is 12.3. The molecule has 0 radical (unpaired) electrons. The highest BCUT2D eigenvalue weighted by Crippen LogP contribution is 2.20. The van der Waals surface area contributed by atoms with E-state index in [1.54, 1.807) is 29.2 Å². The zero-order valence-corrected chi connectivity index (χ0v) is 22.3. The Hall–Kier alpha value is -2.87. The number of rotatable bonds is 13. The van der Waals surface area contributed by atoms with Crippen LogP contribution in [0.5, 0.6) is 0 Å². The molecule has 0 saturated carbocycles. The van der Waals surface area contributed by atoms with E-state index in [-0.39, 0.29) is 24.8 Å². The largest absolute Gasteiger partial charge is 0.354 e. The highest BCUT2D eigenvalue weighted by Gasteiger charge is 2.29. The lowest BCUT2D eigenvalue weighted by Crippen LogP contribution is -2.49. The SMILES string of the molecule is CCC(C(=O)NCC(C)C)N(Cc1ccccc1C)C(=O)CCCN(c1ccccc1)S(C)(=O)=O. The lowest BCUT2D eigenvalue weighted by atomic mass is 10.0. The molecule has 0 saturated heterocycles. The molecule has 0 bridgehead atoms. The van der Waals surface area contributed by atoms with Gasteiger partial charge in [0.1, 0.15) is 6.04 Å². The molecule has 35 heavy (non-hydrogen) atoms. The Morgan fingerprint density at radius 3 is 2.20 bits per heavy atom. The van der Waals surface area contributed by atoms with Crippen molar-refractivity contribution in [3.63, 3.8) is 0 Å². The van der Waals surface area contributed by atoms with E-state index in [0.717, 1.165) is 11.1 Å². The van der Waals surface area contributed by atoms with E-state index in [1.165, 1.54) is 10.6 Å². The van der Waals surface area contributed by atoms with Crippen molar-refractivity contribution in [3.05, 3.63) is 65.7 Å². The van der Waals surface area contributed by atoms with Crippen molar-refractivity contribution in [2.24, 2.45) is 5.92 Å². The number of carbonyl (C=O) groups is 2. The third-order valence-electron chi connectivity index (χ3n) is 5.87. The van der Waals surface area contributed by atoms with Crippen LogP contribution in [0.15, 0.2) is 54.6 Å². The van der Waals surface area contributed by atoms with E-state index in [2.05, 4.69) is 5.32 Å². The number of nitrogens with one attached hydrogen (secondary N) is 1. The zero-order valence-electron chi connectivity index (χ0n) is 21.5. The van der Waals surface area contributed by atoms with Crippen LogP contribution in [0.1, 0.15) is 51.2 Å². The summed E-state index contributed by atoms with van der Waals surface area (Å²) in [6, 6.07) is 16.1. The van der Waals surface area contributed by atoms with Gasteiger partial charge in [0.25, 0.3) is 0 Å². The minimum atomic E-state index is -3.50. The summed E-state index contributed by atoms with van der Waals surface area (Å²) >= 11 is 0. The predicted octanol–water partition coefficient (Wildman–Crippen LogP) is 4.12. The van der Waals surface area contributed by atoms with Gasteiger partial charge in [-0.2, -0.15) is 0 Å². The molecule has 1 atom stereocenters. The molecule has 0 aliphatic heterocycles. The summed E-state index contributed by atoms with van der Waals surface area (Å²) in [5, 5.41) is 2.96. The number of sulfonamides is 1. The number of hydrogen-bond acceptors (Lipinski definition) is 4. The Balaban J connectivity index is 2.20. The lowest BCUT2D eigenvalue weighted by Gasteiger charge is -2.31. The van der Waals surface area contributed by atoms with Gasteiger partial charge >= 0.3 is 0 Å². The Kier molecular flexibility index (Phi) is 10.8. The topological polar surface area (TPSA) is 86.8 Å². The second kappa shape index (κ2) is 13.3. The Morgan fingerprint density at radius 1 is 1.00 bits per heavy atom. The van der Waals surface area contributed by atoms with Gasteiger partial charge in [-0.3, -0.25) is 13.9 Å². The van der Waals surface area contributed by atoms with Crippen molar-refractivity contribution < 1.29 is 18.0 Å². The van der Waals surface area contributed by atoms with Crippen LogP contribution in [0.4, 0.5) is 5.69 Å². The minimum absolute atomic E-state index is 0.138. The number of benzene rings is 2. The van der Waals surface area contributed by atoms with E-state index in [1.807, 2.05) is 58.0 Å². The molecule has 192 valence electrons. The van der Waals surface area contributed by atoms with Gasteiger partial charge in [0, 0.05) is 26.1 Å². The van der Waals surface area contributed by atoms with Gasteiger partial charge in [-0.15, -0.1) is 0 Å². The quantitative estimate of drug-likeness (QED) is 0.447. The maximum absolute atomic E-state index is 13.4. The second-order valence-corrected chi connectivity index (χ2v) is 11.2. The molecule has 8 heteroatoms. The fraction of sp³-hybridized carbons (Fsp3) is 0.481. The van der Waals surface area contributed by atoms with Gasteiger partial charge in [-0.1, -0.05) is 63.2 Å².